The van der Waals surface area contributed by atoms with E-state index in [4.69, 9.17) is 0 Å². The quantitative estimate of drug-likeness (QED) is 0.496. The van der Waals surface area contributed by atoms with Crippen molar-refractivity contribution in [2.24, 2.45) is 0 Å². The monoisotopic (exact) mass is 221 g/mol. The molecule has 0 aliphatic carbocycles. The van der Waals surface area contributed by atoms with Gasteiger partial charge in [-0.15, -0.1) is 0 Å². The molecule has 0 saturated heterocycles. The normalized spacial score (nSPS) is 14.8. The number of methoxy groups -OCH3 is 1. The molecule has 4 nitrogen and oxygen atoms in total. The molecular formula is C9H19NO3S. The minimum Gasteiger partial charge on any atom is -0.468 e. The zero-order chi connectivity index (χ0) is 11.0. The zero-order valence-corrected chi connectivity index (χ0v) is 9.86. The van der Waals surface area contributed by atoms with Crippen molar-refractivity contribution in [1.82, 2.24) is 5.32 Å². The van der Waals surface area contributed by atoms with E-state index in [-0.39, 0.29) is 12.0 Å². The molecule has 1 N–H and O–H groups in total. The summed E-state index contributed by atoms with van der Waals surface area (Å²) in [6, 6.07) is -0.231. The third-order valence-corrected chi connectivity index (χ3v) is 2.76. The molecule has 0 radical (unpaired) electrons. The number of carbonyl (C=O) groups excluding carboxylic acids is 1. The minimum atomic E-state index is -0.751. The van der Waals surface area contributed by atoms with Crippen LogP contribution in [-0.2, 0) is 20.3 Å². The Labute approximate surface area is 87.9 Å². The third kappa shape index (κ3) is 6.10. The van der Waals surface area contributed by atoms with E-state index in [1.807, 2.05) is 6.92 Å². The number of ether oxygens (including phenoxy) is 1. The smallest absolute Gasteiger partial charge is 0.322 e. The molecule has 0 bridgehead atoms. The van der Waals surface area contributed by atoms with E-state index in [2.05, 4.69) is 10.1 Å². The average molecular weight is 221 g/mol. The molecule has 84 valence electrons. The summed E-state index contributed by atoms with van der Waals surface area (Å²) < 4.78 is 15.4. The number of rotatable bonds is 7. The molecule has 14 heavy (non-hydrogen) atoms. The average Bonchev–Trinajstić information content (AvgIpc) is 2.16. The number of nitrogens with one attached hydrogen (secondary N) is 1. The highest BCUT2D eigenvalue weighted by Crippen LogP contribution is 1.94. The van der Waals surface area contributed by atoms with Crippen LogP contribution >= 0.6 is 0 Å². The highest BCUT2D eigenvalue weighted by atomic mass is 32.2. The molecule has 0 heterocycles. The summed E-state index contributed by atoms with van der Waals surface area (Å²) in [5.74, 6) is 0.440. The summed E-state index contributed by atoms with van der Waals surface area (Å²) in [5.41, 5.74) is 0. The Bertz CT molecular complexity index is 196. The lowest BCUT2D eigenvalue weighted by Crippen LogP contribution is -2.37. The molecule has 0 aromatic heterocycles. The summed E-state index contributed by atoms with van der Waals surface area (Å²) >= 11 is 0. The second-order valence-electron chi connectivity index (χ2n) is 3.07. The van der Waals surface area contributed by atoms with E-state index in [0.29, 0.717) is 18.7 Å². The van der Waals surface area contributed by atoms with E-state index in [9.17, 15) is 9.00 Å². The minimum absolute atomic E-state index is 0.231. The highest BCUT2D eigenvalue weighted by molar-refractivity contribution is 7.84. The first-order valence-electron chi connectivity index (χ1n) is 4.73. The number of hydrogen-bond acceptors (Lipinski definition) is 4. The molecule has 0 spiro atoms. The van der Waals surface area contributed by atoms with Crippen molar-refractivity contribution in [3.63, 3.8) is 0 Å². The maximum atomic E-state index is 11.1. The predicted octanol–water partition coefficient (Wildman–Crippen LogP) is 0.296. The van der Waals surface area contributed by atoms with Crippen LogP contribution in [0.1, 0.15) is 19.8 Å². The number of esters is 1. The number of hydrogen-bond donors (Lipinski definition) is 1. The van der Waals surface area contributed by atoms with Crippen molar-refractivity contribution in [3.05, 3.63) is 0 Å². The van der Waals surface area contributed by atoms with Crippen LogP contribution in [0.3, 0.4) is 0 Å². The predicted molar refractivity (Wildman–Crippen MR) is 57.6 cm³/mol. The van der Waals surface area contributed by atoms with Crippen LogP contribution in [0.4, 0.5) is 0 Å². The van der Waals surface area contributed by atoms with E-state index in [0.717, 1.165) is 6.42 Å². The van der Waals surface area contributed by atoms with Gasteiger partial charge >= 0.3 is 5.97 Å². The molecule has 0 aromatic carbocycles. The van der Waals surface area contributed by atoms with Gasteiger partial charge < -0.3 is 10.1 Å². The lowest BCUT2D eigenvalue weighted by Gasteiger charge is -2.13. The molecule has 0 fully saturated rings. The second-order valence-corrected chi connectivity index (χ2v) is 4.62. The molecule has 0 aromatic rings. The molecule has 0 aliphatic rings. The van der Waals surface area contributed by atoms with Crippen LogP contribution < -0.4 is 5.32 Å². The summed E-state index contributed by atoms with van der Waals surface area (Å²) in [6.45, 7) is 2.62. The topological polar surface area (TPSA) is 55.4 Å². The van der Waals surface area contributed by atoms with Gasteiger partial charge in [0.05, 0.1) is 7.11 Å². The fraction of sp³-hybridized carbons (Fsp3) is 0.889. The fourth-order valence-electron chi connectivity index (χ4n) is 1.09. The van der Waals surface area contributed by atoms with Gasteiger partial charge in [0.25, 0.3) is 0 Å². The van der Waals surface area contributed by atoms with Crippen molar-refractivity contribution in [1.29, 1.82) is 0 Å². The van der Waals surface area contributed by atoms with Crippen molar-refractivity contribution >= 4 is 16.8 Å². The maximum absolute atomic E-state index is 11.1. The van der Waals surface area contributed by atoms with Crippen LogP contribution in [0.5, 0.6) is 0 Å². The largest absolute Gasteiger partial charge is 0.468 e. The lowest BCUT2D eigenvalue weighted by molar-refractivity contribution is -0.143. The van der Waals surface area contributed by atoms with Gasteiger partial charge in [-0.05, 0) is 19.4 Å². The SMILES string of the molecule is CCC(NCCCS(C)=O)C(=O)OC. The third-order valence-electron chi connectivity index (χ3n) is 1.89. The Hall–Kier alpha value is -0.420. The van der Waals surface area contributed by atoms with Crippen LogP contribution in [0.15, 0.2) is 0 Å². The van der Waals surface area contributed by atoms with Crippen LogP contribution in [0.2, 0.25) is 0 Å². The van der Waals surface area contributed by atoms with Crippen molar-refractivity contribution < 1.29 is 13.7 Å². The summed E-state index contributed by atoms with van der Waals surface area (Å²) in [7, 11) is 0.632. The van der Waals surface area contributed by atoms with Crippen molar-refractivity contribution in [3.8, 4) is 0 Å². The Kier molecular flexibility index (Phi) is 7.70. The Morgan fingerprint density at radius 3 is 2.64 bits per heavy atom. The van der Waals surface area contributed by atoms with Gasteiger partial charge in [-0.1, -0.05) is 6.92 Å². The first-order valence-corrected chi connectivity index (χ1v) is 6.45. The van der Waals surface area contributed by atoms with E-state index in [1.54, 1.807) is 6.26 Å². The molecule has 0 saturated carbocycles. The van der Waals surface area contributed by atoms with Gasteiger partial charge in [-0.3, -0.25) is 9.00 Å². The van der Waals surface area contributed by atoms with Gasteiger partial charge in [0, 0.05) is 22.8 Å². The Morgan fingerprint density at radius 1 is 1.57 bits per heavy atom. The Balaban J connectivity index is 3.63. The molecular weight excluding hydrogens is 202 g/mol. The van der Waals surface area contributed by atoms with Crippen molar-refractivity contribution in [2.45, 2.75) is 25.8 Å². The van der Waals surface area contributed by atoms with Crippen LogP contribution in [-0.4, -0.2) is 41.9 Å². The summed E-state index contributed by atoms with van der Waals surface area (Å²) in [5, 5.41) is 3.07. The Morgan fingerprint density at radius 2 is 2.21 bits per heavy atom. The lowest BCUT2D eigenvalue weighted by atomic mass is 10.2. The fourth-order valence-corrected chi connectivity index (χ4v) is 1.64. The highest BCUT2D eigenvalue weighted by Gasteiger charge is 2.14. The van der Waals surface area contributed by atoms with Gasteiger partial charge in [0.2, 0.25) is 0 Å². The molecule has 5 heteroatoms. The maximum Gasteiger partial charge on any atom is 0.322 e. The molecule has 2 unspecified atom stereocenters. The molecule has 2 atom stereocenters. The second kappa shape index (κ2) is 7.94. The summed E-state index contributed by atoms with van der Waals surface area (Å²) in [4.78, 5) is 11.1. The van der Waals surface area contributed by atoms with Gasteiger partial charge in [-0.25, -0.2) is 0 Å². The first kappa shape index (κ1) is 13.6. The first-order chi connectivity index (χ1) is 6.61. The van der Waals surface area contributed by atoms with E-state index < -0.39 is 10.8 Å². The summed E-state index contributed by atoms with van der Waals surface area (Å²) in [6.07, 6.45) is 3.20. The molecule has 0 rings (SSSR count). The molecule has 0 amide bonds. The van der Waals surface area contributed by atoms with Crippen molar-refractivity contribution in [2.75, 3.05) is 25.7 Å². The van der Waals surface area contributed by atoms with Gasteiger partial charge in [-0.2, -0.15) is 0 Å². The van der Waals surface area contributed by atoms with Crippen LogP contribution in [0, 0.1) is 0 Å². The number of carbonyl (C=O) groups is 1. The van der Waals surface area contributed by atoms with Gasteiger partial charge in [0.1, 0.15) is 6.04 Å². The molecule has 0 aliphatic heterocycles. The van der Waals surface area contributed by atoms with E-state index >= 15 is 0 Å². The zero-order valence-electron chi connectivity index (χ0n) is 9.04. The van der Waals surface area contributed by atoms with Crippen LogP contribution in [0.25, 0.3) is 0 Å². The van der Waals surface area contributed by atoms with E-state index in [1.165, 1.54) is 7.11 Å². The van der Waals surface area contributed by atoms with Gasteiger partial charge in [0.15, 0.2) is 0 Å². The standard InChI is InChI=1S/C9H19NO3S/c1-4-8(9(11)13-2)10-6-5-7-14(3)12/h8,10H,4-7H2,1-3H3.